The van der Waals surface area contributed by atoms with Crippen molar-refractivity contribution in [1.82, 2.24) is 9.97 Å². The van der Waals surface area contributed by atoms with Gasteiger partial charge in [-0.15, -0.1) is 0 Å². The van der Waals surface area contributed by atoms with Crippen molar-refractivity contribution in [3.63, 3.8) is 0 Å². The summed E-state index contributed by atoms with van der Waals surface area (Å²) in [5.41, 5.74) is 0.398. The van der Waals surface area contributed by atoms with Crippen molar-refractivity contribution in [1.29, 1.82) is 0 Å². The quantitative estimate of drug-likeness (QED) is 0.855. The lowest BCUT2D eigenvalue weighted by molar-refractivity contribution is -0.137. The number of benzene rings is 1. The maximum Gasteiger partial charge on any atom is 0.416 e. The minimum Gasteiger partial charge on any atom is -0.350 e. The Labute approximate surface area is 133 Å². The molecule has 0 aliphatic heterocycles. The van der Waals surface area contributed by atoms with Gasteiger partial charge in [-0.3, -0.25) is 0 Å². The van der Waals surface area contributed by atoms with E-state index < -0.39 is 11.7 Å². The van der Waals surface area contributed by atoms with Gasteiger partial charge >= 0.3 is 6.18 Å². The van der Waals surface area contributed by atoms with Crippen molar-refractivity contribution < 1.29 is 13.2 Å². The lowest BCUT2D eigenvalue weighted by Gasteiger charge is -2.21. The Hall–Kier alpha value is -2.31. The fourth-order valence-corrected chi connectivity index (χ4v) is 1.91. The molecule has 0 radical (unpaired) electrons. The van der Waals surface area contributed by atoms with Gasteiger partial charge in [-0.05, 0) is 52.0 Å². The Bertz CT molecular complexity index is 673. The maximum absolute atomic E-state index is 12.6. The number of rotatable bonds is 3. The van der Waals surface area contributed by atoms with Gasteiger partial charge in [0.25, 0.3) is 0 Å². The van der Waals surface area contributed by atoms with Crippen LogP contribution in [0.4, 0.5) is 30.6 Å². The molecular weight excluding hydrogens is 305 g/mol. The summed E-state index contributed by atoms with van der Waals surface area (Å²) < 4.78 is 37.7. The molecule has 0 saturated carbocycles. The molecule has 0 saturated heterocycles. The highest BCUT2D eigenvalue weighted by Crippen LogP contribution is 2.30. The average Bonchev–Trinajstić information content (AvgIpc) is 2.35. The van der Waals surface area contributed by atoms with Crippen molar-refractivity contribution in [2.75, 3.05) is 10.6 Å². The number of aromatic nitrogens is 2. The van der Waals surface area contributed by atoms with Gasteiger partial charge in [-0.25, -0.2) is 4.98 Å². The summed E-state index contributed by atoms with van der Waals surface area (Å²) >= 11 is 0. The maximum atomic E-state index is 12.6. The highest BCUT2D eigenvalue weighted by atomic mass is 19.4. The van der Waals surface area contributed by atoms with Gasteiger partial charge in [-0.2, -0.15) is 18.2 Å². The van der Waals surface area contributed by atoms with Crippen molar-refractivity contribution in [2.24, 2.45) is 0 Å². The molecule has 23 heavy (non-hydrogen) atoms. The van der Waals surface area contributed by atoms with E-state index >= 15 is 0 Å². The first-order chi connectivity index (χ1) is 10.5. The molecule has 0 aliphatic carbocycles. The van der Waals surface area contributed by atoms with E-state index in [1.807, 2.05) is 27.7 Å². The molecule has 1 aromatic carbocycles. The van der Waals surface area contributed by atoms with Crippen LogP contribution in [0.3, 0.4) is 0 Å². The minimum atomic E-state index is -4.34. The van der Waals surface area contributed by atoms with E-state index in [-0.39, 0.29) is 5.54 Å². The third-order valence-corrected chi connectivity index (χ3v) is 2.83. The summed E-state index contributed by atoms with van der Waals surface area (Å²) in [5, 5.41) is 6.16. The average molecular weight is 324 g/mol. The zero-order valence-corrected chi connectivity index (χ0v) is 13.4. The van der Waals surface area contributed by atoms with E-state index in [1.54, 1.807) is 6.07 Å². The van der Waals surface area contributed by atoms with Crippen molar-refractivity contribution in [3.8, 4) is 0 Å². The van der Waals surface area contributed by atoms with Crippen LogP contribution in [0.2, 0.25) is 0 Å². The van der Waals surface area contributed by atoms with Crippen LogP contribution in [0.1, 0.15) is 32.0 Å². The summed E-state index contributed by atoms with van der Waals surface area (Å²) in [5.74, 6) is 0.982. The SMILES string of the molecule is Cc1cc(Nc2ccc(C(F)(F)F)cc2)nc(NC(C)(C)C)n1. The number of anilines is 3. The van der Waals surface area contributed by atoms with Gasteiger partial charge in [0.1, 0.15) is 5.82 Å². The lowest BCUT2D eigenvalue weighted by Crippen LogP contribution is -2.27. The van der Waals surface area contributed by atoms with Crippen LogP contribution in [-0.2, 0) is 6.18 Å². The first-order valence-electron chi connectivity index (χ1n) is 7.11. The number of nitrogens with one attached hydrogen (secondary N) is 2. The summed E-state index contributed by atoms with van der Waals surface area (Å²) in [6.45, 7) is 7.79. The molecule has 0 unspecified atom stereocenters. The molecule has 0 fully saturated rings. The molecule has 1 heterocycles. The lowest BCUT2D eigenvalue weighted by atomic mass is 10.1. The van der Waals surface area contributed by atoms with Gasteiger partial charge < -0.3 is 10.6 Å². The first kappa shape index (κ1) is 17.1. The number of aryl methyl sites for hydroxylation is 1. The van der Waals surface area contributed by atoms with Gasteiger partial charge in [0.05, 0.1) is 5.56 Å². The van der Waals surface area contributed by atoms with E-state index in [9.17, 15) is 13.2 Å². The van der Waals surface area contributed by atoms with Crippen LogP contribution in [0.15, 0.2) is 30.3 Å². The number of halogens is 3. The summed E-state index contributed by atoms with van der Waals surface area (Å²) in [6, 6.07) is 6.54. The molecule has 0 aliphatic rings. The Balaban J connectivity index is 2.20. The first-order valence-corrected chi connectivity index (χ1v) is 7.11. The Morgan fingerprint density at radius 1 is 0.957 bits per heavy atom. The fraction of sp³-hybridized carbons (Fsp3) is 0.375. The number of hydrogen-bond acceptors (Lipinski definition) is 4. The Morgan fingerprint density at radius 3 is 2.09 bits per heavy atom. The standard InChI is InChI=1S/C16H19F3N4/c1-10-9-13(22-14(20-10)23-15(2,3)4)21-12-7-5-11(6-8-12)16(17,18)19/h5-9H,1-4H3,(H2,20,21,22,23). The van der Waals surface area contributed by atoms with Crippen LogP contribution in [0, 0.1) is 6.92 Å². The summed E-state index contributed by atoms with van der Waals surface area (Å²) in [7, 11) is 0. The van der Waals surface area contributed by atoms with E-state index in [4.69, 9.17) is 0 Å². The summed E-state index contributed by atoms with van der Waals surface area (Å²) in [4.78, 5) is 8.63. The molecule has 0 amide bonds. The van der Waals surface area contributed by atoms with Crippen LogP contribution in [-0.4, -0.2) is 15.5 Å². The van der Waals surface area contributed by atoms with Gasteiger partial charge in [0.15, 0.2) is 0 Å². The van der Waals surface area contributed by atoms with E-state index in [1.165, 1.54) is 12.1 Å². The molecule has 124 valence electrons. The highest BCUT2D eigenvalue weighted by molar-refractivity contribution is 5.58. The molecule has 2 N–H and O–H groups in total. The second kappa shape index (κ2) is 6.06. The van der Waals surface area contributed by atoms with Gasteiger partial charge in [0, 0.05) is 23.0 Å². The molecule has 1 aromatic heterocycles. The molecule has 2 aromatic rings. The normalized spacial score (nSPS) is 12.1. The Kier molecular flexibility index (Phi) is 4.49. The third kappa shape index (κ3) is 5.12. The number of alkyl halides is 3. The Morgan fingerprint density at radius 2 is 1.57 bits per heavy atom. The van der Waals surface area contributed by atoms with Gasteiger partial charge in [0.2, 0.25) is 5.95 Å². The van der Waals surface area contributed by atoms with Crippen molar-refractivity contribution in [3.05, 3.63) is 41.6 Å². The number of hydrogen-bond donors (Lipinski definition) is 2. The molecule has 4 nitrogen and oxygen atoms in total. The largest absolute Gasteiger partial charge is 0.416 e. The fourth-order valence-electron chi connectivity index (χ4n) is 1.91. The van der Waals surface area contributed by atoms with Gasteiger partial charge in [-0.1, -0.05) is 0 Å². The summed E-state index contributed by atoms with van der Waals surface area (Å²) in [6.07, 6.45) is -4.34. The zero-order chi connectivity index (χ0) is 17.3. The predicted molar refractivity (Wildman–Crippen MR) is 84.9 cm³/mol. The van der Waals surface area contributed by atoms with Crippen LogP contribution < -0.4 is 10.6 Å². The van der Waals surface area contributed by atoms with Crippen molar-refractivity contribution in [2.45, 2.75) is 39.4 Å². The monoisotopic (exact) mass is 324 g/mol. The van der Waals surface area contributed by atoms with Crippen LogP contribution in [0.5, 0.6) is 0 Å². The minimum absolute atomic E-state index is 0.195. The van der Waals surface area contributed by atoms with Crippen molar-refractivity contribution >= 4 is 17.5 Å². The van der Waals surface area contributed by atoms with E-state index in [0.29, 0.717) is 17.5 Å². The zero-order valence-electron chi connectivity index (χ0n) is 13.4. The second-order valence-electron chi connectivity index (χ2n) is 6.29. The topological polar surface area (TPSA) is 49.8 Å². The molecule has 0 spiro atoms. The van der Waals surface area contributed by atoms with Crippen LogP contribution in [0.25, 0.3) is 0 Å². The van der Waals surface area contributed by atoms with Crippen LogP contribution >= 0.6 is 0 Å². The van der Waals surface area contributed by atoms with E-state index in [0.717, 1.165) is 17.8 Å². The molecular formula is C16H19F3N4. The smallest absolute Gasteiger partial charge is 0.350 e. The second-order valence-corrected chi connectivity index (χ2v) is 6.29. The molecule has 0 atom stereocenters. The highest BCUT2D eigenvalue weighted by Gasteiger charge is 2.29. The molecule has 2 rings (SSSR count). The molecule has 7 heteroatoms. The predicted octanol–water partition coefficient (Wildman–Crippen LogP) is 4.76. The molecule has 0 bridgehead atoms. The van der Waals surface area contributed by atoms with E-state index in [2.05, 4.69) is 20.6 Å². The third-order valence-electron chi connectivity index (χ3n) is 2.83. The number of nitrogens with zero attached hydrogens (tertiary/aromatic N) is 2.